The van der Waals surface area contributed by atoms with Crippen LogP contribution in [0.5, 0.6) is 11.6 Å². The molecule has 0 saturated carbocycles. The van der Waals surface area contributed by atoms with Crippen molar-refractivity contribution in [2.24, 2.45) is 0 Å². The van der Waals surface area contributed by atoms with E-state index in [1.54, 1.807) is 59.7 Å². The summed E-state index contributed by atoms with van der Waals surface area (Å²) in [6.45, 7) is 0. The zero-order valence-electron chi connectivity index (χ0n) is 15.3. The first-order valence-electron chi connectivity index (χ1n) is 8.70. The van der Waals surface area contributed by atoms with Crippen LogP contribution in [-0.2, 0) is 0 Å². The summed E-state index contributed by atoms with van der Waals surface area (Å²) in [7, 11) is 0. The van der Waals surface area contributed by atoms with Crippen LogP contribution < -0.4 is 15.4 Å². The van der Waals surface area contributed by atoms with Crippen molar-refractivity contribution in [2.75, 3.05) is 10.6 Å². The Morgan fingerprint density at radius 3 is 2.50 bits per heavy atom. The lowest BCUT2D eigenvalue weighted by atomic mass is 10.3. The van der Waals surface area contributed by atoms with Crippen molar-refractivity contribution in [3.8, 4) is 17.4 Å². The first-order valence-corrected chi connectivity index (χ1v) is 8.70. The van der Waals surface area contributed by atoms with Crippen molar-refractivity contribution in [3.05, 3.63) is 85.0 Å². The van der Waals surface area contributed by atoms with Crippen LogP contribution in [0.15, 0.2) is 73.3 Å². The largest absolute Gasteiger partial charge is 0.438 e. The van der Waals surface area contributed by atoms with Crippen LogP contribution >= 0.6 is 0 Å². The van der Waals surface area contributed by atoms with Gasteiger partial charge in [-0.2, -0.15) is 0 Å². The van der Waals surface area contributed by atoms with E-state index in [0.29, 0.717) is 23.1 Å². The maximum Gasteiger partial charge on any atom is 0.323 e. The average molecular weight is 408 g/mol. The summed E-state index contributed by atoms with van der Waals surface area (Å²) in [4.78, 5) is 15.9. The fourth-order valence-electron chi connectivity index (χ4n) is 2.50. The Hall–Kier alpha value is -4.34. The lowest BCUT2D eigenvalue weighted by Gasteiger charge is -2.09. The minimum Gasteiger partial charge on any atom is -0.438 e. The molecular weight excluding hydrogens is 394 g/mol. The van der Waals surface area contributed by atoms with Crippen molar-refractivity contribution in [1.29, 1.82) is 0 Å². The molecular formula is C20H14F2N6O2. The highest BCUT2D eigenvalue weighted by Gasteiger charge is 2.09. The molecule has 8 nitrogen and oxygen atoms in total. The van der Waals surface area contributed by atoms with E-state index < -0.39 is 17.7 Å². The predicted molar refractivity (Wildman–Crippen MR) is 105 cm³/mol. The van der Waals surface area contributed by atoms with Gasteiger partial charge in [0.25, 0.3) is 0 Å². The summed E-state index contributed by atoms with van der Waals surface area (Å²) in [5.74, 6) is -0.0364. The predicted octanol–water partition coefficient (Wildman–Crippen LogP) is 4.38. The second-order valence-corrected chi connectivity index (χ2v) is 6.03. The zero-order valence-corrected chi connectivity index (χ0v) is 15.3. The molecule has 2 aromatic carbocycles. The second-order valence-electron chi connectivity index (χ2n) is 6.03. The van der Waals surface area contributed by atoms with Crippen LogP contribution in [0, 0.1) is 11.6 Å². The normalized spacial score (nSPS) is 10.5. The highest BCUT2D eigenvalue weighted by molar-refractivity contribution is 5.99. The van der Waals surface area contributed by atoms with Gasteiger partial charge in [-0.1, -0.05) is 0 Å². The zero-order chi connectivity index (χ0) is 20.9. The van der Waals surface area contributed by atoms with Crippen molar-refractivity contribution < 1.29 is 18.3 Å². The Bertz CT molecular complexity index is 1150. The Kier molecular flexibility index (Phi) is 5.29. The molecule has 150 valence electrons. The topological polar surface area (TPSA) is 94.0 Å². The lowest BCUT2D eigenvalue weighted by Crippen LogP contribution is -2.20. The number of hydrogen-bond donors (Lipinski definition) is 2. The van der Waals surface area contributed by atoms with Crippen molar-refractivity contribution in [3.63, 3.8) is 0 Å². The molecule has 10 heteroatoms. The number of nitrogens with zero attached hydrogens (tertiary/aromatic N) is 4. The molecule has 0 atom stereocenters. The van der Waals surface area contributed by atoms with Gasteiger partial charge in [0.2, 0.25) is 5.88 Å². The third-order valence-corrected chi connectivity index (χ3v) is 3.91. The summed E-state index contributed by atoms with van der Waals surface area (Å²) in [6.07, 6.45) is 4.99. The van der Waals surface area contributed by atoms with E-state index in [4.69, 9.17) is 4.74 Å². The number of nitrogens with one attached hydrogen (secondary N) is 2. The quantitative estimate of drug-likeness (QED) is 0.511. The number of anilines is 2. The number of halogens is 2. The van der Waals surface area contributed by atoms with Gasteiger partial charge in [0.15, 0.2) is 5.82 Å². The summed E-state index contributed by atoms with van der Waals surface area (Å²) >= 11 is 0. The van der Waals surface area contributed by atoms with Gasteiger partial charge in [-0.25, -0.2) is 18.6 Å². The maximum atomic E-state index is 13.6. The highest BCUT2D eigenvalue weighted by atomic mass is 19.1. The SMILES string of the molecule is O=C(Nc1ccc(Oc2ccc(-n3ccnc3)nn2)cc1)Nc1cc(F)ccc1F. The number of aromatic nitrogens is 4. The van der Waals surface area contributed by atoms with Gasteiger partial charge in [-0.15, -0.1) is 10.2 Å². The summed E-state index contributed by atoms with van der Waals surface area (Å²) in [6, 6.07) is 11.9. The molecule has 30 heavy (non-hydrogen) atoms. The number of ether oxygens (including phenoxy) is 1. The molecule has 2 N–H and O–H groups in total. The molecule has 2 aromatic heterocycles. The molecule has 4 aromatic rings. The number of carbonyl (C=O) groups excluding carboxylic acids is 1. The van der Waals surface area contributed by atoms with Gasteiger partial charge >= 0.3 is 6.03 Å². The molecule has 0 radical (unpaired) electrons. The Morgan fingerprint density at radius 1 is 0.967 bits per heavy atom. The summed E-state index contributed by atoms with van der Waals surface area (Å²) in [5, 5.41) is 12.8. The molecule has 2 heterocycles. The van der Waals surface area contributed by atoms with Crippen LogP contribution in [-0.4, -0.2) is 25.8 Å². The third kappa shape index (κ3) is 4.55. The number of carbonyl (C=O) groups is 1. The molecule has 0 spiro atoms. The molecule has 2 amide bonds. The number of benzene rings is 2. The molecule has 0 bridgehead atoms. The van der Waals surface area contributed by atoms with E-state index >= 15 is 0 Å². The van der Waals surface area contributed by atoms with Gasteiger partial charge in [0.1, 0.15) is 23.7 Å². The second kappa shape index (κ2) is 8.35. The molecule has 4 rings (SSSR count). The fraction of sp³-hybridized carbons (Fsp3) is 0. The lowest BCUT2D eigenvalue weighted by molar-refractivity contribution is 0.262. The van der Waals surface area contributed by atoms with Crippen LogP contribution in [0.3, 0.4) is 0 Å². The number of urea groups is 1. The van der Waals surface area contributed by atoms with Crippen LogP contribution in [0.2, 0.25) is 0 Å². The van der Waals surface area contributed by atoms with Gasteiger partial charge in [-0.05, 0) is 42.5 Å². The van der Waals surface area contributed by atoms with E-state index in [1.165, 1.54) is 0 Å². The molecule has 0 fully saturated rings. The van der Waals surface area contributed by atoms with Crippen LogP contribution in [0.4, 0.5) is 25.0 Å². The number of rotatable bonds is 5. The van der Waals surface area contributed by atoms with Crippen LogP contribution in [0.1, 0.15) is 0 Å². The molecule has 0 aliphatic carbocycles. The summed E-state index contributed by atoms with van der Waals surface area (Å²) in [5.41, 5.74) is 0.170. The molecule has 0 aliphatic heterocycles. The smallest absolute Gasteiger partial charge is 0.323 e. The Morgan fingerprint density at radius 2 is 1.80 bits per heavy atom. The van der Waals surface area contributed by atoms with E-state index in [0.717, 1.165) is 18.2 Å². The van der Waals surface area contributed by atoms with Crippen molar-refractivity contribution in [1.82, 2.24) is 19.7 Å². The molecule has 0 aliphatic rings. The van der Waals surface area contributed by atoms with Gasteiger partial charge in [-0.3, -0.25) is 4.57 Å². The highest BCUT2D eigenvalue weighted by Crippen LogP contribution is 2.22. The third-order valence-electron chi connectivity index (χ3n) is 3.91. The minimum absolute atomic E-state index is 0.259. The number of imidazole rings is 1. The molecule has 0 unspecified atom stereocenters. The minimum atomic E-state index is -0.740. The van der Waals surface area contributed by atoms with Crippen molar-refractivity contribution >= 4 is 17.4 Å². The standard InChI is InChI=1S/C20H14F2N6O2/c21-13-1-6-16(22)17(11-13)25-20(29)24-14-2-4-15(5-3-14)30-19-8-7-18(26-27-19)28-10-9-23-12-28/h1-12H,(H2,24,25,29). The van der Waals surface area contributed by atoms with E-state index in [2.05, 4.69) is 25.8 Å². The first kappa shape index (κ1) is 19.0. The average Bonchev–Trinajstić information content (AvgIpc) is 3.28. The van der Waals surface area contributed by atoms with Gasteiger partial charge in [0.05, 0.1) is 5.69 Å². The maximum absolute atomic E-state index is 13.6. The van der Waals surface area contributed by atoms with Crippen molar-refractivity contribution in [2.45, 2.75) is 0 Å². The van der Waals surface area contributed by atoms with E-state index in [-0.39, 0.29) is 5.69 Å². The Labute approximate surface area is 169 Å². The number of hydrogen-bond acceptors (Lipinski definition) is 5. The van der Waals surface area contributed by atoms with E-state index in [9.17, 15) is 13.6 Å². The monoisotopic (exact) mass is 408 g/mol. The van der Waals surface area contributed by atoms with Gasteiger partial charge < -0.3 is 15.4 Å². The van der Waals surface area contributed by atoms with E-state index in [1.807, 2.05) is 0 Å². The Balaban J connectivity index is 1.35. The van der Waals surface area contributed by atoms with Crippen LogP contribution in [0.25, 0.3) is 5.82 Å². The molecule has 0 saturated heterocycles. The fourth-order valence-corrected chi connectivity index (χ4v) is 2.50. The first-order chi connectivity index (χ1) is 14.6. The van der Waals surface area contributed by atoms with Gasteiger partial charge in [0, 0.05) is 30.2 Å². The number of amides is 2. The summed E-state index contributed by atoms with van der Waals surface area (Å²) < 4.78 is 34.1.